The SMILES string of the molecule is CCCc1csc(-c2cc[c]cc2)n1. The topological polar surface area (TPSA) is 12.9 Å². The van der Waals surface area contributed by atoms with Crippen LogP contribution in [-0.2, 0) is 6.42 Å². The van der Waals surface area contributed by atoms with Gasteiger partial charge in [-0.3, -0.25) is 0 Å². The first kappa shape index (κ1) is 9.41. The number of benzene rings is 1. The molecule has 0 fully saturated rings. The van der Waals surface area contributed by atoms with E-state index in [4.69, 9.17) is 0 Å². The molecular weight excluding hydrogens is 190 g/mol. The Labute approximate surface area is 88.4 Å². The number of hydrogen-bond acceptors (Lipinski definition) is 2. The fourth-order valence-corrected chi connectivity index (χ4v) is 2.20. The molecule has 0 spiro atoms. The van der Waals surface area contributed by atoms with E-state index in [9.17, 15) is 0 Å². The molecule has 1 heterocycles. The van der Waals surface area contributed by atoms with Crippen molar-refractivity contribution in [1.82, 2.24) is 4.98 Å². The summed E-state index contributed by atoms with van der Waals surface area (Å²) in [4.78, 5) is 4.57. The van der Waals surface area contributed by atoms with Crippen LogP contribution in [0.4, 0.5) is 0 Å². The van der Waals surface area contributed by atoms with E-state index in [0.717, 1.165) is 17.8 Å². The van der Waals surface area contributed by atoms with Crippen molar-refractivity contribution >= 4 is 11.3 Å². The Morgan fingerprint density at radius 1 is 1.36 bits per heavy atom. The van der Waals surface area contributed by atoms with E-state index in [-0.39, 0.29) is 0 Å². The van der Waals surface area contributed by atoms with E-state index in [1.165, 1.54) is 11.3 Å². The van der Waals surface area contributed by atoms with Crippen molar-refractivity contribution in [1.29, 1.82) is 0 Å². The predicted molar refractivity (Wildman–Crippen MR) is 60.4 cm³/mol. The molecule has 0 aliphatic carbocycles. The molecule has 0 bridgehead atoms. The average Bonchev–Trinajstić information content (AvgIpc) is 2.68. The third-order valence-electron chi connectivity index (χ3n) is 2.02. The summed E-state index contributed by atoms with van der Waals surface area (Å²) in [7, 11) is 0. The fraction of sp³-hybridized carbons (Fsp3) is 0.250. The van der Waals surface area contributed by atoms with Gasteiger partial charge < -0.3 is 0 Å². The molecule has 0 saturated heterocycles. The van der Waals surface area contributed by atoms with Crippen LogP contribution in [0.5, 0.6) is 0 Å². The summed E-state index contributed by atoms with van der Waals surface area (Å²) >= 11 is 1.72. The van der Waals surface area contributed by atoms with Crippen LogP contribution >= 0.6 is 11.3 Å². The first-order valence-corrected chi connectivity index (χ1v) is 5.69. The van der Waals surface area contributed by atoms with E-state index >= 15 is 0 Å². The molecule has 1 aromatic carbocycles. The van der Waals surface area contributed by atoms with Gasteiger partial charge in [0.15, 0.2) is 0 Å². The lowest BCUT2D eigenvalue weighted by molar-refractivity contribution is 0.894. The second-order valence-corrected chi connectivity index (χ2v) is 4.04. The summed E-state index contributed by atoms with van der Waals surface area (Å²) in [5, 5.41) is 3.26. The molecule has 71 valence electrons. The monoisotopic (exact) mass is 202 g/mol. The van der Waals surface area contributed by atoms with Gasteiger partial charge in [0, 0.05) is 10.9 Å². The van der Waals surface area contributed by atoms with Crippen LogP contribution in [0.3, 0.4) is 0 Å². The molecule has 2 rings (SSSR count). The number of hydrogen-bond donors (Lipinski definition) is 0. The number of nitrogens with zero attached hydrogens (tertiary/aromatic N) is 1. The van der Waals surface area contributed by atoms with Gasteiger partial charge in [0.2, 0.25) is 0 Å². The third-order valence-corrected chi connectivity index (χ3v) is 2.96. The molecule has 2 aromatic rings. The second-order valence-electron chi connectivity index (χ2n) is 3.18. The molecule has 0 aliphatic rings. The maximum absolute atomic E-state index is 4.57. The molecule has 0 N–H and O–H groups in total. The zero-order chi connectivity index (χ0) is 9.80. The molecule has 1 aromatic heterocycles. The Bertz CT molecular complexity index is 392. The van der Waals surface area contributed by atoms with Crippen LogP contribution < -0.4 is 0 Å². The molecule has 0 unspecified atom stereocenters. The van der Waals surface area contributed by atoms with Crippen molar-refractivity contribution in [2.24, 2.45) is 0 Å². The van der Waals surface area contributed by atoms with Gasteiger partial charge in [0.05, 0.1) is 5.69 Å². The zero-order valence-electron chi connectivity index (χ0n) is 8.16. The molecular formula is C12H12NS. The van der Waals surface area contributed by atoms with Gasteiger partial charge in [0.1, 0.15) is 5.01 Å². The Hall–Kier alpha value is -1.15. The zero-order valence-corrected chi connectivity index (χ0v) is 8.97. The van der Waals surface area contributed by atoms with Crippen molar-refractivity contribution in [2.75, 3.05) is 0 Å². The van der Waals surface area contributed by atoms with Gasteiger partial charge in [-0.25, -0.2) is 4.98 Å². The molecule has 0 amide bonds. The fourth-order valence-electron chi connectivity index (χ4n) is 1.34. The van der Waals surface area contributed by atoms with Crippen LogP contribution in [0, 0.1) is 6.07 Å². The first-order valence-electron chi connectivity index (χ1n) is 4.81. The molecule has 14 heavy (non-hydrogen) atoms. The molecule has 0 saturated carbocycles. The maximum atomic E-state index is 4.57. The van der Waals surface area contributed by atoms with Crippen molar-refractivity contribution in [3.63, 3.8) is 0 Å². The summed E-state index contributed by atoms with van der Waals surface area (Å²) in [6.45, 7) is 2.18. The quantitative estimate of drug-likeness (QED) is 0.741. The molecule has 1 radical (unpaired) electrons. The van der Waals surface area contributed by atoms with Gasteiger partial charge in [-0.1, -0.05) is 37.6 Å². The highest BCUT2D eigenvalue weighted by Crippen LogP contribution is 2.23. The van der Waals surface area contributed by atoms with Gasteiger partial charge in [-0.05, 0) is 12.5 Å². The minimum atomic E-state index is 1.08. The van der Waals surface area contributed by atoms with Gasteiger partial charge in [-0.15, -0.1) is 11.3 Å². The van der Waals surface area contributed by atoms with Gasteiger partial charge in [0.25, 0.3) is 0 Å². The molecule has 0 atom stereocenters. The number of rotatable bonds is 3. The summed E-state index contributed by atoms with van der Waals surface area (Å²) in [5.41, 5.74) is 2.40. The van der Waals surface area contributed by atoms with Crippen LogP contribution in [0.25, 0.3) is 10.6 Å². The van der Waals surface area contributed by atoms with E-state index < -0.39 is 0 Å². The molecule has 1 nitrogen and oxygen atoms in total. The lowest BCUT2D eigenvalue weighted by Crippen LogP contribution is -1.82. The standard InChI is InChI=1S/C12H12NS/c1-2-6-11-9-14-12(13-11)10-7-4-3-5-8-10/h4-5,7-9H,2,6H2,1H3. The van der Waals surface area contributed by atoms with Crippen molar-refractivity contribution < 1.29 is 0 Å². The Balaban J connectivity index is 2.25. The summed E-state index contributed by atoms with van der Waals surface area (Å²) in [5.74, 6) is 0. The number of aryl methyl sites for hydroxylation is 1. The Morgan fingerprint density at radius 2 is 2.14 bits per heavy atom. The normalized spacial score (nSPS) is 10.4. The highest BCUT2D eigenvalue weighted by atomic mass is 32.1. The van der Waals surface area contributed by atoms with Crippen LogP contribution in [0.2, 0.25) is 0 Å². The Morgan fingerprint density at radius 3 is 2.86 bits per heavy atom. The average molecular weight is 202 g/mol. The smallest absolute Gasteiger partial charge is 0.123 e. The first-order chi connectivity index (χ1) is 6.90. The number of thiazole rings is 1. The predicted octanol–water partition coefficient (Wildman–Crippen LogP) is 3.56. The van der Waals surface area contributed by atoms with Gasteiger partial charge >= 0.3 is 0 Å². The minimum absolute atomic E-state index is 1.08. The van der Waals surface area contributed by atoms with Gasteiger partial charge in [-0.2, -0.15) is 0 Å². The van der Waals surface area contributed by atoms with Crippen LogP contribution in [-0.4, -0.2) is 4.98 Å². The van der Waals surface area contributed by atoms with Crippen LogP contribution in [0.15, 0.2) is 29.6 Å². The Kier molecular flexibility index (Phi) is 2.94. The highest BCUT2D eigenvalue weighted by molar-refractivity contribution is 7.13. The maximum Gasteiger partial charge on any atom is 0.123 e. The molecule has 2 heteroatoms. The lowest BCUT2D eigenvalue weighted by atomic mass is 10.2. The second kappa shape index (κ2) is 4.38. The van der Waals surface area contributed by atoms with Crippen LogP contribution in [0.1, 0.15) is 19.0 Å². The van der Waals surface area contributed by atoms with Crippen molar-refractivity contribution in [3.8, 4) is 10.6 Å². The summed E-state index contributed by atoms with van der Waals surface area (Å²) in [6.07, 6.45) is 2.24. The largest absolute Gasteiger partial charge is 0.241 e. The minimum Gasteiger partial charge on any atom is -0.241 e. The number of aromatic nitrogens is 1. The summed E-state index contributed by atoms with van der Waals surface area (Å²) in [6, 6.07) is 11.0. The van der Waals surface area contributed by atoms with E-state index in [1.54, 1.807) is 11.3 Å². The van der Waals surface area contributed by atoms with Crippen molar-refractivity contribution in [2.45, 2.75) is 19.8 Å². The van der Waals surface area contributed by atoms with Crippen molar-refractivity contribution in [3.05, 3.63) is 41.4 Å². The van der Waals surface area contributed by atoms with E-state index in [2.05, 4.69) is 35.5 Å². The summed E-state index contributed by atoms with van der Waals surface area (Å²) < 4.78 is 0. The highest BCUT2D eigenvalue weighted by Gasteiger charge is 2.02. The third kappa shape index (κ3) is 2.02. The van der Waals surface area contributed by atoms with E-state index in [0.29, 0.717) is 0 Å². The van der Waals surface area contributed by atoms with E-state index in [1.807, 2.05) is 12.1 Å². The molecule has 0 aliphatic heterocycles. The lowest BCUT2D eigenvalue weighted by Gasteiger charge is -1.93.